The second kappa shape index (κ2) is 8.73. The number of aliphatic hydroxyl groups excluding tert-OH is 1. The molecule has 142 valence electrons. The van der Waals surface area contributed by atoms with Gasteiger partial charge in [0, 0.05) is 18.5 Å². The summed E-state index contributed by atoms with van der Waals surface area (Å²) < 4.78 is 0. The molecule has 0 fully saturated rings. The van der Waals surface area contributed by atoms with E-state index in [0.717, 1.165) is 11.1 Å². The van der Waals surface area contributed by atoms with E-state index in [-0.39, 0.29) is 12.2 Å². The third-order valence-corrected chi connectivity index (χ3v) is 4.93. The molecule has 0 aliphatic carbocycles. The lowest BCUT2D eigenvalue weighted by Crippen LogP contribution is -2.46. The Kier molecular flexibility index (Phi) is 6.64. The quantitative estimate of drug-likeness (QED) is 0.555. The zero-order valence-corrected chi connectivity index (χ0v) is 15.9. The zero-order valence-electron chi connectivity index (χ0n) is 15.9. The van der Waals surface area contributed by atoms with E-state index in [1.54, 1.807) is 19.1 Å². The van der Waals surface area contributed by atoms with Crippen LogP contribution < -0.4 is 5.32 Å². The van der Waals surface area contributed by atoms with Crippen LogP contribution in [0.2, 0.25) is 0 Å². The molecule has 1 amide bonds. The normalized spacial score (nSPS) is 14.1. The summed E-state index contributed by atoms with van der Waals surface area (Å²) in [6, 6.07) is 17.1. The number of rotatable bonds is 8. The van der Waals surface area contributed by atoms with Crippen molar-refractivity contribution in [2.24, 2.45) is 11.3 Å². The van der Waals surface area contributed by atoms with Gasteiger partial charge in [-0.05, 0) is 24.5 Å². The maximum atomic E-state index is 12.8. The highest BCUT2D eigenvalue weighted by atomic mass is 16.3. The van der Waals surface area contributed by atoms with Crippen molar-refractivity contribution in [1.82, 2.24) is 5.32 Å². The van der Waals surface area contributed by atoms with E-state index in [9.17, 15) is 19.5 Å². The predicted molar refractivity (Wildman–Crippen MR) is 104 cm³/mol. The lowest BCUT2D eigenvalue weighted by molar-refractivity contribution is -0.143. The molecule has 0 aliphatic heterocycles. The van der Waals surface area contributed by atoms with Crippen molar-refractivity contribution in [3.05, 3.63) is 60.2 Å². The number of amides is 1. The molecule has 2 rings (SSSR count). The highest BCUT2D eigenvalue weighted by molar-refractivity contribution is 6.07. The number of carbonyl (C=O) groups excluding carboxylic acids is 3. The molecule has 2 N–H and O–H groups in total. The van der Waals surface area contributed by atoms with Crippen LogP contribution in [0.1, 0.15) is 30.6 Å². The number of ketones is 2. The first-order chi connectivity index (χ1) is 12.8. The minimum atomic E-state index is -1.44. The summed E-state index contributed by atoms with van der Waals surface area (Å²) in [5.74, 6) is -1.79. The Morgan fingerprint density at radius 1 is 1.00 bits per heavy atom. The van der Waals surface area contributed by atoms with Gasteiger partial charge in [0.05, 0.1) is 0 Å². The Balaban J connectivity index is 2.18. The van der Waals surface area contributed by atoms with Gasteiger partial charge in [0.15, 0.2) is 11.6 Å². The highest BCUT2D eigenvalue weighted by Gasteiger charge is 2.42. The van der Waals surface area contributed by atoms with Crippen molar-refractivity contribution in [2.45, 2.75) is 20.3 Å². The molecule has 0 saturated carbocycles. The molecule has 5 nitrogen and oxygen atoms in total. The van der Waals surface area contributed by atoms with E-state index in [1.807, 2.05) is 42.5 Å². The fraction of sp³-hybridized carbons (Fsp3) is 0.318. The molecule has 0 spiro atoms. The Morgan fingerprint density at radius 3 is 2.07 bits per heavy atom. The second-order valence-electron chi connectivity index (χ2n) is 6.91. The van der Waals surface area contributed by atoms with Gasteiger partial charge in [0.2, 0.25) is 5.91 Å². The molecule has 0 bridgehead atoms. The summed E-state index contributed by atoms with van der Waals surface area (Å²) in [6.07, 6.45) is 0.0331. The first-order valence-corrected chi connectivity index (χ1v) is 8.89. The van der Waals surface area contributed by atoms with E-state index < -0.39 is 29.6 Å². The highest BCUT2D eigenvalue weighted by Crippen LogP contribution is 2.30. The van der Waals surface area contributed by atoms with Gasteiger partial charge in [-0.3, -0.25) is 14.4 Å². The van der Waals surface area contributed by atoms with Crippen LogP contribution in [-0.2, 0) is 9.59 Å². The molecule has 0 aliphatic rings. The fourth-order valence-corrected chi connectivity index (χ4v) is 3.23. The average Bonchev–Trinajstić information content (AvgIpc) is 2.72. The van der Waals surface area contributed by atoms with E-state index >= 15 is 0 Å². The van der Waals surface area contributed by atoms with Crippen LogP contribution >= 0.6 is 0 Å². The van der Waals surface area contributed by atoms with Gasteiger partial charge >= 0.3 is 0 Å². The zero-order chi connectivity index (χ0) is 20.0. The molecular formula is C22H25NO4. The summed E-state index contributed by atoms with van der Waals surface area (Å²) in [7, 11) is 1.43. The van der Waals surface area contributed by atoms with Crippen LogP contribution in [0.3, 0.4) is 0 Å². The van der Waals surface area contributed by atoms with Gasteiger partial charge in [-0.15, -0.1) is 0 Å². The molecule has 2 aromatic carbocycles. The van der Waals surface area contributed by atoms with E-state index in [2.05, 4.69) is 5.32 Å². The molecule has 2 aromatic rings. The summed E-state index contributed by atoms with van der Waals surface area (Å²) in [5, 5.41) is 11.7. The van der Waals surface area contributed by atoms with Gasteiger partial charge in [0.1, 0.15) is 12.0 Å². The van der Waals surface area contributed by atoms with Crippen molar-refractivity contribution in [2.75, 3.05) is 13.7 Å². The Morgan fingerprint density at radius 2 is 1.56 bits per heavy atom. The molecule has 0 heterocycles. The van der Waals surface area contributed by atoms with Crippen molar-refractivity contribution >= 4 is 17.5 Å². The molecule has 5 heteroatoms. The standard InChI is InChI=1S/C22H25NO4/c1-15(13-22(2,19(25)14-24)21(27)23-3)20(26)18-11-9-17(10-12-18)16-7-5-4-6-8-16/h4-12,15,24H,13-14H2,1-3H3,(H,23,27). The fourth-order valence-electron chi connectivity index (χ4n) is 3.23. The lowest BCUT2D eigenvalue weighted by atomic mass is 9.75. The topological polar surface area (TPSA) is 83.5 Å². The van der Waals surface area contributed by atoms with Crippen molar-refractivity contribution < 1.29 is 19.5 Å². The average molecular weight is 367 g/mol. The van der Waals surface area contributed by atoms with Gasteiger partial charge in [-0.2, -0.15) is 0 Å². The van der Waals surface area contributed by atoms with Crippen molar-refractivity contribution in [1.29, 1.82) is 0 Å². The summed E-state index contributed by atoms with van der Waals surface area (Å²) in [5.41, 5.74) is 1.15. The summed E-state index contributed by atoms with van der Waals surface area (Å²) in [6.45, 7) is 2.42. The number of hydrogen-bond acceptors (Lipinski definition) is 4. The van der Waals surface area contributed by atoms with Crippen LogP contribution in [-0.4, -0.2) is 36.2 Å². The summed E-state index contributed by atoms with van der Waals surface area (Å²) >= 11 is 0. The second-order valence-corrected chi connectivity index (χ2v) is 6.91. The molecule has 2 atom stereocenters. The van der Waals surface area contributed by atoms with E-state index in [4.69, 9.17) is 0 Å². The number of aliphatic hydroxyl groups is 1. The van der Waals surface area contributed by atoms with Gasteiger partial charge < -0.3 is 10.4 Å². The molecule has 27 heavy (non-hydrogen) atoms. The Labute approximate surface area is 159 Å². The lowest BCUT2D eigenvalue weighted by Gasteiger charge is -2.28. The predicted octanol–water partition coefficient (Wildman–Crippen LogP) is 2.88. The van der Waals surface area contributed by atoms with Gasteiger partial charge in [0.25, 0.3) is 0 Å². The largest absolute Gasteiger partial charge is 0.389 e. The number of carbonyl (C=O) groups is 3. The molecule has 0 saturated heterocycles. The minimum Gasteiger partial charge on any atom is -0.389 e. The molecule has 0 radical (unpaired) electrons. The van der Waals surface area contributed by atoms with Gasteiger partial charge in [-0.1, -0.05) is 61.5 Å². The maximum absolute atomic E-state index is 12.8. The number of hydrogen-bond donors (Lipinski definition) is 2. The van der Waals surface area contributed by atoms with Gasteiger partial charge in [-0.25, -0.2) is 0 Å². The van der Waals surface area contributed by atoms with Crippen LogP contribution in [0.4, 0.5) is 0 Å². The van der Waals surface area contributed by atoms with Crippen molar-refractivity contribution in [3.63, 3.8) is 0 Å². The monoisotopic (exact) mass is 367 g/mol. The SMILES string of the molecule is CNC(=O)C(C)(CC(C)C(=O)c1ccc(-c2ccccc2)cc1)C(=O)CO. The van der Waals surface area contributed by atoms with E-state index in [0.29, 0.717) is 5.56 Å². The Bertz CT molecular complexity index is 796. The maximum Gasteiger partial charge on any atom is 0.233 e. The molecule has 2 unspecified atom stereocenters. The van der Waals surface area contributed by atoms with Crippen LogP contribution in [0, 0.1) is 11.3 Å². The van der Waals surface area contributed by atoms with Crippen LogP contribution in [0.5, 0.6) is 0 Å². The van der Waals surface area contributed by atoms with Crippen molar-refractivity contribution in [3.8, 4) is 11.1 Å². The third kappa shape index (κ3) is 4.49. The first-order valence-electron chi connectivity index (χ1n) is 8.89. The molecule has 0 aromatic heterocycles. The summed E-state index contributed by atoms with van der Waals surface area (Å²) in [4.78, 5) is 37.1. The third-order valence-electron chi connectivity index (χ3n) is 4.93. The molecular weight excluding hydrogens is 342 g/mol. The number of benzene rings is 2. The minimum absolute atomic E-state index is 0.0331. The Hall–Kier alpha value is -2.79. The van der Waals surface area contributed by atoms with Crippen LogP contribution in [0.15, 0.2) is 54.6 Å². The van der Waals surface area contributed by atoms with Crippen LogP contribution in [0.25, 0.3) is 11.1 Å². The smallest absolute Gasteiger partial charge is 0.233 e. The number of nitrogens with one attached hydrogen (secondary N) is 1. The first kappa shape index (κ1) is 20.5. The van der Waals surface area contributed by atoms with E-state index in [1.165, 1.54) is 14.0 Å². The number of Topliss-reactive ketones (excluding diaryl/α,β-unsaturated/α-hetero) is 2.